The molecule has 3 heteroatoms. The van der Waals surface area contributed by atoms with Crippen molar-refractivity contribution in [2.75, 3.05) is 14.2 Å². The average molecular weight is 290 g/mol. The summed E-state index contributed by atoms with van der Waals surface area (Å²) < 4.78 is 5.49. The summed E-state index contributed by atoms with van der Waals surface area (Å²) >= 11 is 6.18. The predicted octanol–water partition coefficient (Wildman–Crippen LogP) is 4.27. The molecule has 2 aromatic rings. The monoisotopic (exact) mass is 289 g/mol. The average Bonchev–Trinajstić information content (AvgIpc) is 2.39. The number of benzene rings is 2. The van der Waals surface area contributed by atoms with Gasteiger partial charge in [-0.2, -0.15) is 0 Å². The van der Waals surface area contributed by atoms with E-state index in [1.807, 2.05) is 25.2 Å². The number of hydrogen-bond donors (Lipinski definition) is 1. The van der Waals surface area contributed by atoms with Crippen LogP contribution < -0.4 is 10.1 Å². The maximum absolute atomic E-state index is 6.18. The van der Waals surface area contributed by atoms with Crippen molar-refractivity contribution in [1.82, 2.24) is 5.32 Å². The van der Waals surface area contributed by atoms with Crippen molar-refractivity contribution in [3.05, 3.63) is 63.7 Å². The summed E-state index contributed by atoms with van der Waals surface area (Å²) in [6.07, 6.45) is 0. The summed E-state index contributed by atoms with van der Waals surface area (Å²) in [5.41, 5.74) is 4.62. The van der Waals surface area contributed by atoms with Crippen LogP contribution in [-0.2, 0) is 0 Å². The minimum Gasteiger partial charge on any atom is -0.496 e. The van der Waals surface area contributed by atoms with Gasteiger partial charge in [0.25, 0.3) is 0 Å². The topological polar surface area (TPSA) is 21.3 Å². The molecule has 1 N–H and O–H groups in total. The Morgan fingerprint density at radius 1 is 1.05 bits per heavy atom. The van der Waals surface area contributed by atoms with E-state index in [9.17, 15) is 0 Å². The molecule has 0 aromatic heterocycles. The Morgan fingerprint density at radius 2 is 1.80 bits per heavy atom. The van der Waals surface area contributed by atoms with E-state index in [4.69, 9.17) is 16.3 Å². The molecule has 20 heavy (non-hydrogen) atoms. The van der Waals surface area contributed by atoms with Crippen molar-refractivity contribution in [3.8, 4) is 5.75 Å². The number of ether oxygens (including phenoxy) is 1. The Kier molecular flexibility index (Phi) is 4.69. The van der Waals surface area contributed by atoms with Crippen LogP contribution in [0.3, 0.4) is 0 Å². The molecule has 0 bridgehead atoms. The van der Waals surface area contributed by atoms with Crippen LogP contribution in [0.15, 0.2) is 36.4 Å². The molecule has 0 saturated carbocycles. The fraction of sp³-hybridized carbons (Fsp3) is 0.294. The molecule has 0 aliphatic heterocycles. The second-order valence-corrected chi connectivity index (χ2v) is 5.47. The van der Waals surface area contributed by atoms with Crippen LogP contribution in [0.2, 0.25) is 5.02 Å². The van der Waals surface area contributed by atoms with E-state index in [1.165, 1.54) is 5.56 Å². The second kappa shape index (κ2) is 6.29. The van der Waals surface area contributed by atoms with Crippen LogP contribution in [0.4, 0.5) is 0 Å². The van der Waals surface area contributed by atoms with Gasteiger partial charge in [0.2, 0.25) is 0 Å². The zero-order valence-electron chi connectivity index (χ0n) is 12.3. The molecule has 0 saturated heterocycles. The van der Waals surface area contributed by atoms with E-state index < -0.39 is 0 Å². The van der Waals surface area contributed by atoms with Crippen LogP contribution in [0.5, 0.6) is 5.75 Å². The molecule has 2 aromatic carbocycles. The van der Waals surface area contributed by atoms with Gasteiger partial charge in [0.05, 0.1) is 13.2 Å². The Labute approximate surface area is 125 Å². The third-order valence-electron chi connectivity index (χ3n) is 3.38. The highest BCUT2D eigenvalue weighted by Gasteiger charge is 2.17. The number of methoxy groups -OCH3 is 1. The van der Waals surface area contributed by atoms with Gasteiger partial charge in [-0.3, -0.25) is 0 Å². The third kappa shape index (κ3) is 3.14. The molecule has 0 aliphatic rings. The van der Waals surface area contributed by atoms with Crippen LogP contribution in [0.25, 0.3) is 0 Å². The Hall–Kier alpha value is -1.51. The Balaban J connectivity index is 2.54. The summed E-state index contributed by atoms with van der Waals surface area (Å²) in [7, 11) is 3.65. The van der Waals surface area contributed by atoms with Gasteiger partial charge in [0.15, 0.2) is 0 Å². The van der Waals surface area contributed by atoms with Crippen molar-refractivity contribution >= 4 is 11.6 Å². The zero-order chi connectivity index (χ0) is 14.7. The fourth-order valence-electron chi connectivity index (χ4n) is 2.51. The molecular weight excluding hydrogens is 270 g/mol. The quantitative estimate of drug-likeness (QED) is 0.907. The molecule has 1 unspecified atom stereocenters. The van der Waals surface area contributed by atoms with Crippen LogP contribution in [-0.4, -0.2) is 14.2 Å². The zero-order valence-corrected chi connectivity index (χ0v) is 13.1. The molecule has 0 radical (unpaired) electrons. The molecule has 0 spiro atoms. The largest absolute Gasteiger partial charge is 0.496 e. The Bertz CT molecular complexity index is 590. The second-order valence-electron chi connectivity index (χ2n) is 5.03. The Morgan fingerprint density at radius 3 is 2.40 bits per heavy atom. The fourth-order valence-corrected chi connectivity index (χ4v) is 2.81. The summed E-state index contributed by atoms with van der Waals surface area (Å²) in [5, 5.41) is 4.11. The van der Waals surface area contributed by atoms with Crippen molar-refractivity contribution in [2.24, 2.45) is 0 Å². The van der Waals surface area contributed by atoms with Gasteiger partial charge in [0, 0.05) is 10.6 Å². The van der Waals surface area contributed by atoms with E-state index in [0.29, 0.717) is 0 Å². The van der Waals surface area contributed by atoms with Gasteiger partial charge < -0.3 is 10.1 Å². The predicted molar refractivity (Wildman–Crippen MR) is 84.8 cm³/mol. The number of rotatable bonds is 4. The first-order valence-electron chi connectivity index (χ1n) is 6.64. The molecule has 106 valence electrons. The van der Waals surface area contributed by atoms with Crippen molar-refractivity contribution < 1.29 is 4.74 Å². The molecule has 2 rings (SSSR count). The number of nitrogens with one attached hydrogen (secondary N) is 1. The summed E-state index contributed by atoms with van der Waals surface area (Å²) in [6.45, 7) is 4.13. The lowest BCUT2D eigenvalue weighted by Gasteiger charge is -2.21. The van der Waals surface area contributed by atoms with Crippen LogP contribution >= 0.6 is 11.6 Å². The molecule has 0 fully saturated rings. The minimum atomic E-state index is 0.0576. The summed E-state index contributed by atoms with van der Waals surface area (Å²) in [5.74, 6) is 0.882. The molecular formula is C17H20ClNO. The lowest BCUT2D eigenvalue weighted by molar-refractivity contribution is 0.405. The van der Waals surface area contributed by atoms with Crippen LogP contribution in [0, 0.1) is 13.8 Å². The standard InChI is InChI=1S/C17H20ClNO/c1-11-5-6-16(20-4)15(9-11)17(19-3)13-7-12(2)8-14(18)10-13/h5-10,17,19H,1-4H3. The highest BCUT2D eigenvalue weighted by Crippen LogP contribution is 2.32. The lowest BCUT2D eigenvalue weighted by atomic mass is 9.95. The van der Waals surface area contributed by atoms with Gasteiger partial charge in [0.1, 0.15) is 5.75 Å². The van der Waals surface area contributed by atoms with Crippen molar-refractivity contribution in [3.63, 3.8) is 0 Å². The molecule has 0 amide bonds. The van der Waals surface area contributed by atoms with Crippen molar-refractivity contribution in [1.29, 1.82) is 0 Å². The van der Waals surface area contributed by atoms with E-state index in [-0.39, 0.29) is 6.04 Å². The SMILES string of the molecule is CNC(c1cc(C)cc(Cl)c1)c1cc(C)ccc1OC. The van der Waals surface area contributed by atoms with E-state index in [2.05, 4.69) is 37.4 Å². The maximum atomic E-state index is 6.18. The third-order valence-corrected chi connectivity index (χ3v) is 3.60. The normalized spacial score (nSPS) is 12.2. The number of hydrogen-bond acceptors (Lipinski definition) is 2. The molecule has 0 heterocycles. The highest BCUT2D eigenvalue weighted by molar-refractivity contribution is 6.30. The lowest BCUT2D eigenvalue weighted by Crippen LogP contribution is -2.18. The molecule has 0 aliphatic carbocycles. The van der Waals surface area contributed by atoms with E-state index in [1.54, 1.807) is 7.11 Å². The first-order chi connectivity index (χ1) is 9.55. The smallest absolute Gasteiger partial charge is 0.123 e. The summed E-state index contributed by atoms with van der Waals surface area (Å²) in [4.78, 5) is 0. The van der Waals surface area contributed by atoms with Crippen molar-refractivity contribution in [2.45, 2.75) is 19.9 Å². The summed E-state index contributed by atoms with van der Waals surface area (Å²) in [6, 6.07) is 12.4. The van der Waals surface area contributed by atoms with Gasteiger partial charge in [-0.15, -0.1) is 0 Å². The van der Waals surface area contributed by atoms with Crippen LogP contribution in [0.1, 0.15) is 28.3 Å². The number of halogens is 1. The maximum Gasteiger partial charge on any atom is 0.123 e. The van der Waals surface area contributed by atoms with E-state index in [0.717, 1.165) is 27.5 Å². The first-order valence-corrected chi connectivity index (χ1v) is 7.02. The highest BCUT2D eigenvalue weighted by atomic mass is 35.5. The van der Waals surface area contributed by atoms with Gasteiger partial charge >= 0.3 is 0 Å². The van der Waals surface area contributed by atoms with E-state index >= 15 is 0 Å². The van der Waals surface area contributed by atoms with Gasteiger partial charge in [-0.1, -0.05) is 35.4 Å². The van der Waals surface area contributed by atoms with Gasteiger partial charge in [-0.25, -0.2) is 0 Å². The minimum absolute atomic E-state index is 0.0576. The van der Waals surface area contributed by atoms with Gasteiger partial charge in [-0.05, 0) is 50.2 Å². The molecule has 1 atom stereocenters. The number of aryl methyl sites for hydroxylation is 2. The molecule has 2 nitrogen and oxygen atoms in total. The first kappa shape index (κ1) is 14.9.